The molecule has 0 radical (unpaired) electrons. The van der Waals surface area contributed by atoms with Crippen LogP contribution in [0.4, 0.5) is 0 Å². The maximum atomic E-state index is 12.5. The minimum atomic E-state index is -3.44. The van der Waals surface area contributed by atoms with Crippen molar-refractivity contribution < 1.29 is 17.7 Å². The van der Waals surface area contributed by atoms with Gasteiger partial charge in [-0.25, -0.2) is 8.42 Å². The smallest absolute Gasteiger partial charge is 0.251 e. The predicted octanol–water partition coefficient (Wildman–Crippen LogP) is 0.745. The van der Waals surface area contributed by atoms with Gasteiger partial charge in [0.05, 0.1) is 5.69 Å². The number of hydrogen-bond donors (Lipinski definition) is 2. The van der Waals surface area contributed by atoms with Crippen LogP contribution >= 0.6 is 24.0 Å². The molecule has 1 fully saturated rings. The van der Waals surface area contributed by atoms with Gasteiger partial charge in [0.2, 0.25) is 10.0 Å². The van der Waals surface area contributed by atoms with E-state index in [1.807, 2.05) is 23.1 Å². The number of aliphatic imine (C=N–C) groups is 1. The van der Waals surface area contributed by atoms with E-state index in [0.717, 1.165) is 0 Å². The monoisotopic (exact) mass is 562 g/mol. The SMILES string of the molecule is CN=C(NCCNC(=O)c1ccccc1)N1CCN(S(=O)(=O)Cc2ccon2)CC1.I. The largest absolute Gasteiger partial charge is 0.364 e. The minimum Gasteiger partial charge on any atom is -0.364 e. The number of sulfonamides is 1. The van der Waals surface area contributed by atoms with Crippen molar-refractivity contribution in [1.82, 2.24) is 25.0 Å². The van der Waals surface area contributed by atoms with Crippen LogP contribution in [-0.2, 0) is 15.8 Å². The van der Waals surface area contributed by atoms with Gasteiger partial charge in [0.15, 0.2) is 5.96 Å². The second-order valence-electron chi connectivity index (χ2n) is 6.73. The van der Waals surface area contributed by atoms with E-state index in [0.29, 0.717) is 56.5 Å². The average Bonchev–Trinajstić information content (AvgIpc) is 3.27. The third-order valence-electron chi connectivity index (χ3n) is 4.69. The summed E-state index contributed by atoms with van der Waals surface area (Å²) in [5.74, 6) is 0.383. The lowest BCUT2D eigenvalue weighted by Gasteiger charge is -2.35. The molecule has 1 saturated heterocycles. The molecule has 0 bridgehead atoms. The molecule has 170 valence electrons. The Morgan fingerprint density at radius 3 is 2.39 bits per heavy atom. The van der Waals surface area contributed by atoms with Crippen LogP contribution in [-0.4, -0.2) is 81.0 Å². The lowest BCUT2D eigenvalue weighted by atomic mass is 10.2. The van der Waals surface area contributed by atoms with Crippen molar-refractivity contribution in [2.75, 3.05) is 46.3 Å². The lowest BCUT2D eigenvalue weighted by Crippen LogP contribution is -2.54. The van der Waals surface area contributed by atoms with Crippen molar-refractivity contribution in [3.8, 4) is 0 Å². The Morgan fingerprint density at radius 2 is 1.77 bits per heavy atom. The molecule has 1 aromatic carbocycles. The first-order chi connectivity index (χ1) is 14.5. The van der Waals surface area contributed by atoms with Crippen LogP contribution in [0.2, 0.25) is 0 Å². The molecule has 1 aliphatic heterocycles. The number of rotatable bonds is 7. The Morgan fingerprint density at radius 1 is 1.10 bits per heavy atom. The number of guanidine groups is 1. The third kappa shape index (κ3) is 7.18. The average molecular weight is 562 g/mol. The zero-order valence-electron chi connectivity index (χ0n) is 17.2. The molecular weight excluding hydrogens is 535 g/mol. The molecule has 0 aliphatic carbocycles. The number of aromatic nitrogens is 1. The van der Waals surface area contributed by atoms with E-state index >= 15 is 0 Å². The summed E-state index contributed by atoms with van der Waals surface area (Å²) < 4.78 is 31.2. The molecule has 2 heterocycles. The van der Waals surface area contributed by atoms with Gasteiger partial charge in [-0.15, -0.1) is 24.0 Å². The van der Waals surface area contributed by atoms with Gasteiger partial charge >= 0.3 is 0 Å². The molecule has 12 heteroatoms. The van der Waals surface area contributed by atoms with E-state index in [1.54, 1.807) is 25.2 Å². The van der Waals surface area contributed by atoms with Gasteiger partial charge in [-0.2, -0.15) is 4.31 Å². The maximum absolute atomic E-state index is 12.5. The number of hydrogen-bond acceptors (Lipinski definition) is 6. The second kappa shape index (κ2) is 12.0. The highest BCUT2D eigenvalue weighted by molar-refractivity contribution is 14.0. The topological polar surface area (TPSA) is 120 Å². The highest BCUT2D eigenvalue weighted by Crippen LogP contribution is 2.12. The fraction of sp³-hybridized carbons (Fsp3) is 0.421. The standard InChI is InChI=1S/C19H26N6O4S.HI/c1-20-19(22-9-8-21-18(26)16-5-3-2-4-6-16)24-10-12-25(13-11-24)30(27,28)15-17-7-14-29-23-17;/h2-7,14H,8-13,15H2,1H3,(H,20,22)(H,21,26);1H. The Balaban J connectivity index is 0.00000341. The molecule has 2 N–H and O–H groups in total. The molecule has 0 unspecified atom stereocenters. The van der Waals surface area contributed by atoms with E-state index in [9.17, 15) is 13.2 Å². The van der Waals surface area contributed by atoms with Crippen LogP contribution in [0, 0.1) is 0 Å². The van der Waals surface area contributed by atoms with E-state index in [2.05, 4.69) is 20.8 Å². The van der Waals surface area contributed by atoms with Crippen LogP contribution < -0.4 is 10.6 Å². The molecule has 3 rings (SSSR count). The first kappa shape index (κ1) is 25.1. The molecule has 31 heavy (non-hydrogen) atoms. The van der Waals surface area contributed by atoms with E-state index < -0.39 is 10.0 Å². The second-order valence-corrected chi connectivity index (χ2v) is 8.70. The summed E-state index contributed by atoms with van der Waals surface area (Å²) in [7, 11) is -1.76. The molecule has 0 atom stereocenters. The molecule has 0 saturated carbocycles. The van der Waals surface area contributed by atoms with Crippen LogP contribution in [0.5, 0.6) is 0 Å². The van der Waals surface area contributed by atoms with Gasteiger partial charge in [0.1, 0.15) is 12.0 Å². The Kier molecular flexibility index (Phi) is 9.71. The Labute approximate surface area is 199 Å². The summed E-state index contributed by atoms with van der Waals surface area (Å²) in [6.45, 7) is 2.73. The number of halogens is 1. The number of benzene rings is 1. The summed E-state index contributed by atoms with van der Waals surface area (Å²) in [6.07, 6.45) is 1.36. The number of amides is 1. The molecule has 2 aromatic rings. The predicted molar refractivity (Wildman–Crippen MR) is 128 cm³/mol. The quantitative estimate of drug-likeness (QED) is 0.221. The minimum absolute atomic E-state index is 0. The van der Waals surface area contributed by atoms with Gasteiger partial charge in [-0.3, -0.25) is 9.79 Å². The number of carbonyl (C=O) groups is 1. The highest BCUT2D eigenvalue weighted by Gasteiger charge is 2.28. The summed E-state index contributed by atoms with van der Waals surface area (Å²) in [4.78, 5) is 18.3. The van der Waals surface area contributed by atoms with E-state index in [1.165, 1.54) is 10.6 Å². The van der Waals surface area contributed by atoms with E-state index in [-0.39, 0.29) is 35.6 Å². The summed E-state index contributed by atoms with van der Waals surface area (Å²) >= 11 is 0. The van der Waals surface area contributed by atoms with Crippen molar-refractivity contribution in [3.63, 3.8) is 0 Å². The van der Waals surface area contributed by atoms with Crippen molar-refractivity contribution in [2.24, 2.45) is 4.99 Å². The van der Waals surface area contributed by atoms with E-state index in [4.69, 9.17) is 4.52 Å². The number of carbonyl (C=O) groups excluding carboxylic acids is 1. The van der Waals surface area contributed by atoms with Crippen molar-refractivity contribution in [3.05, 3.63) is 53.9 Å². The first-order valence-electron chi connectivity index (χ1n) is 9.65. The van der Waals surface area contributed by atoms with Gasteiger partial charge in [-0.05, 0) is 12.1 Å². The number of nitrogens with zero attached hydrogens (tertiary/aromatic N) is 4. The third-order valence-corrected chi connectivity index (χ3v) is 6.51. The molecule has 0 spiro atoms. The van der Waals surface area contributed by atoms with Gasteiger partial charge in [0.25, 0.3) is 5.91 Å². The van der Waals surface area contributed by atoms with Crippen molar-refractivity contribution >= 4 is 45.9 Å². The Bertz CT molecular complexity index is 945. The molecule has 1 aliphatic rings. The van der Waals surface area contributed by atoms with Crippen LogP contribution in [0.15, 0.2) is 52.2 Å². The zero-order chi connectivity index (χ0) is 21.4. The highest BCUT2D eigenvalue weighted by atomic mass is 127. The normalized spacial score (nSPS) is 15.3. The molecular formula is C19H27IN6O4S. The van der Waals surface area contributed by atoms with Gasteiger partial charge < -0.3 is 20.1 Å². The van der Waals surface area contributed by atoms with Crippen molar-refractivity contribution in [1.29, 1.82) is 0 Å². The maximum Gasteiger partial charge on any atom is 0.251 e. The van der Waals surface area contributed by atoms with Crippen LogP contribution in [0.25, 0.3) is 0 Å². The fourth-order valence-corrected chi connectivity index (χ4v) is 4.57. The molecule has 1 aromatic heterocycles. The van der Waals surface area contributed by atoms with Gasteiger partial charge in [-0.1, -0.05) is 23.4 Å². The first-order valence-corrected chi connectivity index (χ1v) is 11.3. The molecule has 1 amide bonds. The molecule has 10 nitrogen and oxygen atoms in total. The summed E-state index contributed by atoms with van der Waals surface area (Å²) in [5.41, 5.74) is 1.01. The number of nitrogens with one attached hydrogen (secondary N) is 2. The number of piperazine rings is 1. The summed E-state index contributed by atoms with van der Waals surface area (Å²) in [5, 5.41) is 9.74. The van der Waals surface area contributed by atoms with Crippen molar-refractivity contribution in [2.45, 2.75) is 5.75 Å². The fourth-order valence-electron chi connectivity index (χ4n) is 3.14. The van der Waals surface area contributed by atoms with Gasteiger partial charge in [0, 0.05) is 57.9 Å². The van der Waals surface area contributed by atoms with Crippen LogP contribution in [0.3, 0.4) is 0 Å². The summed E-state index contributed by atoms with van der Waals surface area (Å²) in [6, 6.07) is 10.6. The van der Waals surface area contributed by atoms with Crippen LogP contribution in [0.1, 0.15) is 16.1 Å². The lowest BCUT2D eigenvalue weighted by molar-refractivity contribution is 0.0954. The zero-order valence-corrected chi connectivity index (χ0v) is 20.4. The Hall–Kier alpha value is -2.19.